The molecule has 0 aromatic rings. The average molecular weight is 266 g/mol. The highest BCUT2D eigenvalue weighted by molar-refractivity contribution is 5.98. The van der Waals surface area contributed by atoms with Crippen LogP contribution in [0.4, 0.5) is 0 Å². The number of piperazine rings is 1. The molecular formula is C14H22N2O3. The minimum atomic E-state index is -0.678. The molecule has 3 rings (SSSR count). The van der Waals surface area contributed by atoms with Gasteiger partial charge in [0.05, 0.1) is 13.2 Å². The third kappa shape index (κ3) is 2.14. The summed E-state index contributed by atoms with van der Waals surface area (Å²) >= 11 is 0. The van der Waals surface area contributed by atoms with Gasteiger partial charge in [-0.1, -0.05) is 0 Å². The van der Waals surface area contributed by atoms with E-state index >= 15 is 0 Å². The van der Waals surface area contributed by atoms with Crippen molar-refractivity contribution < 1.29 is 14.3 Å². The number of hydrogen-bond donors (Lipinski definition) is 1. The first-order chi connectivity index (χ1) is 9.02. The van der Waals surface area contributed by atoms with Crippen molar-refractivity contribution in [3.63, 3.8) is 0 Å². The van der Waals surface area contributed by atoms with Gasteiger partial charge in [-0.05, 0) is 39.0 Å². The van der Waals surface area contributed by atoms with Gasteiger partial charge in [-0.2, -0.15) is 0 Å². The number of amides is 2. The van der Waals surface area contributed by atoms with Crippen LogP contribution in [0.1, 0.15) is 33.1 Å². The Hall–Kier alpha value is -1.10. The van der Waals surface area contributed by atoms with Crippen LogP contribution in [0.3, 0.4) is 0 Å². The van der Waals surface area contributed by atoms with Crippen LogP contribution in [-0.4, -0.2) is 48.1 Å². The Morgan fingerprint density at radius 3 is 2.68 bits per heavy atom. The monoisotopic (exact) mass is 266 g/mol. The van der Waals surface area contributed by atoms with Gasteiger partial charge in [0, 0.05) is 18.6 Å². The summed E-state index contributed by atoms with van der Waals surface area (Å²) in [5.74, 6) is 0.742. The van der Waals surface area contributed by atoms with Crippen molar-refractivity contribution in [3.05, 3.63) is 0 Å². The molecule has 0 radical (unpaired) electrons. The maximum Gasteiger partial charge on any atom is 0.249 e. The number of rotatable bonds is 3. The second-order valence-corrected chi connectivity index (χ2v) is 6.32. The van der Waals surface area contributed by atoms with Gasteiger partial charge in [0.1, 0.15) is 5.54 Å². The summed E-state index contributed by atoms with van der Waals surface area (Å²) in [6.07, 6.45) is 3.06. The topological polar surface area (TPSA) is 58.6 Å². The van der Waals surface area contributed by atoms with Crippen molar-refractivity contribution in [1.29, 1.82) is 0 Å². The van der Waals surface area contributed by atoms with E-state index in [1.54, 1.807) is 4.90 Å². The largest absolute Gasteiger partial charge is 0.381 e. The highest BCUT2D eigenvalue weighted by Crippen LogP contribution is 2.42. The minimum absolute atomic E-state index is 0.0280. The lowest BCUT2D eigenvalue weighted by Gasteiger charge is -2.44. The summed E-state index contributed by atoms with van der Waals surface area (Å²) in [6.45, 7) is 5.59. The van der Waals surface area contributed by atoms with E-state index in [1.807, 2.05) is 13.8 Å². The van der Waals surface area contributed by atoms with Gasteiger partial charge < -0.3 is 15.0 Å². The molecule has 1 N–H and O–H groups in total. The van der Waals surface area contributed by atoms with Gasteiger partial charge in [-0.15, -0.1) is 0 Å². The molecule has 19 heavy (non-hydrogen) atoms. The zero-order chi connectivity index (χ0) is 13.6. The van der Waals surface area contributed by atoms with E-state index in [9.17, 15) is 9.59 Å². The first-order valence-corrected chi connectivity index (χ1v) is 7.22. The summed E-state index contributed by atoms with van der Waals surface area (Å²) < 4.78 is 5.40. The highest BCUT2D eigenvalue weighted by Gasteiger charge is 2.53. The number of hydrogen-bond acceptors (Lipinski definition) is 3. The molecule has 0 spiro atoms. The quantitative estimate of drug-likeness (QED) is 0.811. The summed E-state index contributed by atoms with van der Waals surface area (Å²) in [4.78, 5) is 26.5. The molecule has 0 aromatic carbocycles. The number of carbonyl (C=O) groups excluding carboxylic acids is 2. The Labute approximate surface area is 113 Å². The Bertz CT molecular complexity index is 401. The molecule has 3 fully saturated rings. The molecule has 0 bridgehead atoms. The molecule has 2 heterocycles. The summed E-state index contributed by atoms with van der Waals surface area (Å²) in [5, 5.41) is 2.92. The molecule has 0 aromatic heterocycles. The first kappa shape index (κ1) is 12.9. The molecule has 2 amide bonds. The van der Waals surface area contributed by atoms with Crippen molar-refractivity contribution >= 4 is 11.8 Å². The lowest BCUT2D eigenvalue weighted by atomic mass is 9.89. The lowest BCUT2D eigenvalue weighted by molar-refractivity contribution is -0.153. The van der Waals surface area contributed by atoms with Crippen molar-refractivity contribution in [2.45, 2.75) is 44.7 Å². The molecular weight excluding hydrogens is 244 g/mol. The van der Waals surface area contributed by atoms with Crippen LogP contribution in [0.25, 0.3) is 0 Å². The molecule has 3 unspecified atom stereocenters. The van der Waals surface area contributed by atoms with Gasteiger partial charge >= 0.3 is 0 Å². The van der Waals surface area contributed by atoms with Gasteiger partial charge in [0.25, 0.3) is 0 Å². The minimum Gasteiger partial charge on any atom is -0.381 e. The van der Waals surface area contributed by atoms with E-state index < -0.39 is 5.54 Å². The van der Waals surface area contributed by atoms with Gasteiger partial charge in [-0.3, -0.25) is 9.59 Å². The number of nitrogens with zero attached hydrogens (tertiary/aromatic N) is 1. The Kier molecular flexibility index (Phi) is 3.04. The number of carbonyl (C=O) groups is 2. The third-order valence-electron chi connectivity index (χ3n) is 4.95. The zero-order valence-corrected chi connectivity index (χ0v) is 11.6. The van der Waals surface area contributed by atoms with E-state index in [1.165, 1.54) is 0 Å². The summed E-state index contributed by atoms with van der Waals surface area (Å²) in [6, 6.07) is 0.0825. The second-order valence-electron chi connectivity index (χ2n) is 6.32. The number of nitrogens with one attached hydrogen (secondary N) is 1. The van der Waals surface area contributed by atoms with Crippen LogP contribution in [-0.2, 0) is 14.3 Å². The van der Waals surface area contributed by atoms with Crippen LogP contribution in [0.5, 0.6) is 0 Å². The normalized spacial score (nSPS) is 37.4. The van der Waals surface area contributed by atoms with Crippen LogP contribution in [0.2, 0.25) is 0 Å². The van der Waals surface area contributed by atoms with Crippen molar-refractivity contribution in [2.24, 2.45) is 11.8 Å². The van der Waals surface area contributed by atoms with Crippen LogP contribution in [0, 0.1) is 11.8 Å². The van der Waals surface area contributed by atoms with Gasteiger partial charge in [0.15, 0.2) is 0 Å². The zero-order valence-electron chi connectivity index (χ0n) is 11.6. The van der Waals surface area contributed by atoms with Gasteiger partial charge in [0.2, 0.25) is 11.8 Å². The average Bonchev–Trinajstić information content (AvgIpc) is 3.10. The number of ether oxygens (including phenoxy) is 1. The SMILES string of the molecule is CC(C1CCOC1)N1CC(=O)NC(C)(C2CC2)C1=O. The molecule has 1 aliphatic carbocycles. The molecule has 3 aliphatic rings. The Balaban J connectivity index is 1.79. The van der Waals surface area contributed by atoms with Crippen molar-refractivity contribution in [3.8, 4) is 0 Å². The van der Waals surface area contributed by atoms with E-state index in [0.717, 1.165) is 25.9 Å². The lowest BCUT2D eigenvalue weighted by Crippen LogP contribution is -2.68. The van der Waals surface area contributed by atoms with Crippen LogP contribution in [0.15, 0.2) is 0 Å². The molecule has 106 valence electrons. The predicted molar refractivity (Wildman–Crippen MR) is 69.4 cm³/mol. The highest BCUT2D eigenvalue weighted by atomic mass is 16.5. The van der Waals surface area contributed by atoms with E-state index in [0.29, 0.717) is 18.4 Å². The third-order valence-corrected chi connectivity index (χ3v) is 4.95. The van der Waals surface area contributed by atoms with Crippen LogP contribution < -0.4 is 5.32 Å². The smallest absolute Gasteiger partial charge is 0.249 e. The van der Waals surface area contributed by atoms with Crippen LogP contribution >= 0.6 is 0 Å². The van der Waals surface area contributed by atoms with E-state index in [-0.39, 0.29) is 24.4 Å². The maximum atomic E-state index is 12.7. The Morgan fingerprint density at radius 1 is 1.37 bits per heavy atom. The van der Waals surface area contributed by atoms with E-state index in [2.05, 4.69) is 5.32 Å². The summed E-state index contributed by atoms with van der Waals surface area (Å²) in [7, 11) is 0. The van der Waals surface area contributed by atoms with Crippen molar-refractivity contribution in [1.82, 2.24) is 10.2 Å². The predicted octanol–water partition coefficient (Wildman–Crippen LogP) is 0.538. The standard InChI is InChI=1S/C14H22N2O3/c1-9(10-5-6-19-8-10)16-7-12(17)15-14(2,13(16)18)11-3-4-11/h9-11H,3-8H2,1-2H3,(H,15,17). The molecule has 5 heteroatoms. The maximum absolute atomic E-state index is 12.7. The molecule has 1 saturated carbocycles. The molecule has 2 saturated heterocycles. The first-order valence-electron chi connectivity index (χ1n) is 7.22. The fourth-order valence-electron chi connectivity index (χ4n) is 3.36. The molecule has 2 aliphatic heterocycles. The van der Waals surface area contributed by atoms with Crippen molar-refractivity contribution in [2.75, 3.05) is 19.8 Å². The fourth-order valence-corrected chi connectivity index (χ4v) is 3.36. The second kappa shape index (κ2) is 4.47. The Morgan fingerprint density at radius 2 is 2.11 bits per heavy atom. The van der Waals surface area contributed by atoms with E-state index in [4.69, 9.17) is 4.74 Å². The molecule has 3 atom stereocenters. The summed E-state index contributed by atoms with van der Waals surface area (Å²) in [5.41, 5.74) is -0.678. The molecule has 5 nitrogen and oxygen atoms in total. The van der Waals surface area contributed by atoms with Gasteiger partial charge in [-0.25, -0.2) is 0 Å². The fraction of sp³-hybridized carbons (Fsp3) is 0.857.